The number of ether oxygens (including phenoxy) is 1. The van der Waals surface area contributed by atoms with Crippen molar-refractivity contribution in [1.29, 1.82) is 0 Å². The zero-order valence-corrected chi connectivity index (χ0v) is 14.4. The van der Waals surface area contributed by atoms with Gasteiger partial charge in [-0.15, -0.1) is 0 Å². The second-order valence-corrected chi connectivity index (χ2v) is 5.86. The van der Waals surface area contributed by atoms with Crippen LogP contribution in [0, 0.1) is 10.1 Å². The Morgan fingerprint density at radius 1 is 1.46 bits per heavy atom. The molecule has 0 radical (unpaired) electrons. The van der Waals surface area contributed by atoms with E-state index in [1.165, 1.54) is 22.9 Å². The minimum atomic E-state index is -0.745. The van der Waals surface area contributed by atoms with Gasteiger partial charge < -0.3 is 10.1 Å². The molecule has 1 saturated carbocycles. The van der Waals surface area contributed by atoms with Crippen molar-refractivity contribution in [2.45, 2.75) is 25.8 Å². The molecule has 1 aliphatic carbocycles. The Kier molecular flexibility index (Phi) is 4.70. The lowest BCUT2D eigenvalue weighted by Gasteiger charge is -2.15. The summed E-state index contributed by atoms with van der Waals surface area (Å²) >= 11 is 0. The molecule has 0 saturated heterocycles. The first-order chi connectivity index (χ1) is 12.5. The summed E-state index contributed by atoms with van der Waals surface area (Å²) in [5.41, 5.74) is 0.163. The first kappa shape index (κ1) is 17.6. The maximum absolute atomic E-state index is 12.8. The molecule has 0 unspecified atom stereocenters. The summed E-state index contributed by atoms with van der Waals surface area (Å²) in [4.78, 5) is 35.7. The van der Waals surface area contributed by atoms with Gasteiger partial charge >= 0.3 is 5.97 Å². The quantitative estimate of drug-likeness (QED) is 0.478. The molecular weight excluding hydrogens is 340 g/mol. The van der Waals surface area contributed by atoms with E-state index in [-0.39, 0.29) is 29.6 Å². The average molecular weight is 358 g/mol. The maximum Gasteiger partial charge on any atom is 0.346 e. The lowest BCUT2D eigenvalue weighted by atomic mass is 10.1. The molecule has 136 valence electrons. The summed E-state index contributed by atoms with van der Waals surface area (Å²) in [7, 11) is 1.56. The van der Waals surface area contributed by atoms with E-state index in [0.717, 1.165) is 12.8 Å². The second kappa shape index (κ2) is 6.95. The Morgan fingerprint density at radius 2 is 2.19 bits per heavy atom. The van der Waals surface area contributed by atoms with E-state index < -0.39 is 16.5 Å². The molecule has 1 heterocycles. The van der Waals surface area contributed by atoms with Gasteiger partial charge in [-0.3, -0.25) is 14.9 Å². The van der Waals surface area contributed by atoms with E-state index in [4.69, 9.17) is 4.74 Å². The van der Waals surface area contributed by atoms with Crippen molar-refractivity contribution < 1.29 is 14.5 Å². The molecular formula is C17H18N4O5. The molecule has 0 amide bonds. The van der Waals surface area contributed by atoms with E-state index in [0.29, 0.717) is 11.3 Å². The topological polar surface area (TPSA) is 116 Å². The number of anilines is 1. The summed E-state index contributed by atoms with van der Waals surface area (Å²) < 4.78 is 6.31. The number of nitro groups is 1. The van der Waals surface area contributed by atoms with E-state index in [1.54, 1.807) is 20.0 Å². The molecule has 9 heteroatoms. The molecule has 0 aliphatic heterocycles. The third-order valence-electron chi connectivity index (χ3n) is 4.07. The fraction of sp³-hybridized carbons (Fsp3) is 0.353. The molecule has 0 bridgehead atoms. The lowest BCUT2D eigenvalue weighted by molar-refractivity contribution is -0.384. The molecule has 1 aromatic carbocycles. The SMILES string of the molecule is CCOC(=O)c1c(NC)c(-c2cccc([N+](=O)[O-])c2)nn(C2CC2)c1=O. The fourth-order valence-electron chi connectivity index (χ4n) is 2.71. The summed E-state index contributed by atoms with van der Waals surface area (Å²) in [6.07, 6.45) is 1.59. The van der Waals surface area contributed by atoms with Crippen LogP contribution in [0.4, 0.5) is 11.4 Å². The summed E-state index contributed by atoms with van der Waals surface area (Å²) in [5, 5.41) is 18.3. The maximum atomic E-state index is 12.8. The number of rotatable bonds is 6. The first-order valence-electron chi connectivity index (χ1n) is 8.24. The number of esters is 1. The van der Waals surface area contributed by atoms with Crippen LogP contribution in [0.2, 0.25) is 0 Å². The van der Waals surface area contributed by atoms with Crippen molar-refractivity contribution in [3.05, 3.63) is 50.3 Å². The van der Waals surface area contributed by atoms with Gasteiger partial charge in [0.2, 0.25) is 0 Å². The van der Waals surface area contributed by atoms with E-state index in [2.05, 4.69) is 10.4 Å². The minimum Gasteiger partial charge on any atom is -0.462 e. The molecule has 1 aliphatic rings. The second-order valence-electron chi connectivity index (χ2n) is 5.86. The van der Waals surface area contributed by atoms with Gasteiger partial charge in [-0.2, -0.15) is 5.10 Å². The fourth-order valence-corrected chi connectivity index (χ4v) is 2.71. The predicted molar refractivity (Wildman–Crippen MR) is 94.4 cm³/mol. The smallest absolute Gasteiger partial charge is 0.346 e. The zero-order valence-electron chi connectivity index (χ0n) is 14.4. The molecule has 2 aromatic rings. The molecule has 0 atom stereocenters. The number of hydrogen-bond donors (Lipinski definition) is 1. The van der Waals surface area contributed by atoms with Gasteiger partial charge in [0, 0.05) is 24.7 Å². The van der Waals surface area contributed by atoms with Crippen LogP contribution >= 0.6 is 0 Å². The highest BCUT2D eigenvalue weighted by Crippen LogP contribution is 2.36. The largest absolute Gasteiger partial charge is 0.462 e. The van der Waals surface area contributed by atoms with Crippen LogP contribution in [0.1, 0.15) is 36.2 Å². The van der Waals surface area contributed by atoms with E-state index in [9.17, 15) is 19.7 Å². The van der Waals surface area contributed by atoms with Gasteiger partial charge in [-0.05, 0) is 19.8 Å². The van der Waals surface area contributed by atoms with Crippen LogP contribution in [-0.4, -0.2) is 34.3 Å². The van der Waals surface area contributed by atoms with Crippen LogP contribution in [0.3, 0.4) is 0 Å². The van der Waals surface area contributed by atoms with Crippen molar-refractivity contribution in [3.8, 4) is 11.3 Å². The van der Waals surface area contributed by atoms with Crippen LogP contribution in [-0.2, 0) is 4.74 Å². The number of benzene rings is 1. The lowest BCUT2D eigenvalue weighted by Crippen LogP contribution is -2.31. The Morgan fingerprint density at radius 3 is 2.77 bits per heavy atom. The van der Waals surface area contributed by atoms with Gasteiger partial charge in [0.25, 0.3) is 11.2 Å². The van der Waals surface area contributed by atoms with Gasteiger partial charge in [-0.1, -0.05) is 12.1 Å². The molecule has 9 nitrogen and oxygen atoms in total. The van der Waals surface area contributed by atoms with E-state index in [1.807, 2.05) is 0 Å². The average Bonchev–Trinajstić information content (AvgIpc) is 3.46. The van der Waals surface area contributed by atoms with Crippen molar-refractivity contribution in [1.82, 2.24) is 9.78 Å². The monoisotopic (exact) mass is 358 g/mol. The Hall–Kier alpha value is -3.23. The number of carbonyl (C=O) groups is 1. The Balaban J connectivity index is 2.27. The summed E-state index contributed by atoms with van der Waals surface area (Å²) in [6, 6.07) is 5.84. The zero-order chi connectivity index (χ0) is 18.8. The normalized spacial score (nSPS) is 13.3. The number of nitrogens with one attached hydrogen (secondary N) is 1. The summed E-state index contributed by atoms with van der Waals surface area (Å²) in [5.74, 6) is -0.745. The molecule has 0 spiro atoms. The number of nitrogens with zero attached hydrogens (tertiary/aromatic N) is 3. The Bertz CT molecular complexity index is 933. The van der Waals surface area contributed by atoms with Gasteiger partial charge in [-0.25, -0.2) is 9.48 Å². The third-order valence-corrected chi connectivity index (χ3v) is 4.07. The molecule has 26 heavy (non-hydrogen) atoms. The minimum absolute atomic E-state index is 0.0703. The first-order valence-corrected chi connectivity index (χ1v) is 8.24. The highest BCUT2D eigenvalue weighted by molar-refractivity contribution is 5.98. The highest BCUT2D eigenvalue weighted by Gasteiger charge is 2.32. The van der Waals surface area contributed by atoms with Gasteiger partial charge in [0.05, 0.1) is 23.3 Å². The molecule has 1 fully saturated rings. The number of carbonyl (C=O) groups excluding carboxylic acids is 1. The number of hydrogen-bond acceptors (Lipinski definition) is 7. The number of non-ortho nitro benzene ring substituents is 1. The van der Waals surface area contributed by atoms with E-state index >= 15 is 0 Å². The Labute approximate surface area is 148 Å². The molecule has 1 aromatic heterocycles. The van der Waals surface area contributed by atoms with Crippen molar-refractivity contribution in [3.63, 3.8) is 0 Å². The highest BCUT2D eigenvalue weighted by atomic mass is 16.6. The third kappa shape index (κ3) is 3.15. The van der Waals surface area contributed by atoms with Crippen molar-refractivity contribution in [2.24, 2.45) is 0 Å². The summed E-state index contributed by atoms with van der Waals surface area (Å²) in [6.45, 7) is 1.78. The number of aromatic nitrogens is 2. The van der Waals surface area contributed by atoms with Crippen LogP contribution in [0.15, 0.2) is 29.1 Å². The molecule has 1 N–H and O–H groups in total. The van der Waals surface area contributed by atoms with Gasteiger partial charge in [0.1, 0.15) is 5.69 Å². The van der Waals surface area contributed by atoms with Crippen LogP contribution in [0.5, 0.6) is 0 Å². The predicted octanol–water partition coefficient (Wildman–Crippen LogP) is 2.37. The van der Waals surface area contributed by atoms with Gasteiger partial charge in [0.15, 0.2) is 5.56 Å². The van der Waals surface area contributed by atoms with Crippen LogP contribution < -0.4 is 10.9 Å². The standard InChI is InChI=1S/C17H18N4O5/c1-3-26-17(23)13-15(18-2)14(19-20(16(13)22)11-7-8-11)10-5-4-6-12(9-10)21(24)25/h4-6,9,11,18H,3,7-8H2,1-2H3. The number of nitro benzene ring substituents is 1. The van der Waals surface area contributed by atoms with Crippen LogP contribution in [0.25, 0.3) is 11.3 Å². The molecule has 3 rings (SSSR count). The van der Waals surface area contributed by atoms with Crippen molar-refractivity contribution in [2.75, 3.05) is 19.0 Å². The van der Waals surface area contributed by atoms with Crippen molar-refractivity contribution >= 4 is 17.3 Å².